The summed E-state index contributed by atoms with van der Waals surface area (Å²) < 4.78 is 5.76. The number of aliphatic hydroxyl groups is 1. The van der Waals surface area contributed by atoms with Crippen LogP contribution in [0.3, 0.4) is 0 Å². The summed E-state index contributed by atoms with van der Waals surface area (Å²) in [5.41, 5.74) is 3.09. The van der Waals surface area contributed by atoms with Crippen LogP contribution in [-0.4, -0.2) is 34.3 Å². The van der Waals surface area contributed by atoms with E-state index in [0.29, 0.717) is 40.6 Å². The van der Waals surface area contributed by atoms with Crippen molar-refractivity contribution in [2.24, 2.45) is 0 Å². The number of likely N-dealkylation sites (tertiary alicyclic amines) is 1. The Labute approximate surface area is 213 Å². The van der Waals surface area contributed by atoms with Crippen molar-refractivity contribution in [1.29, 1.82) is 0 Å². The second-order valence-electron chi connectivity index (χ2n) is 8.86. The zero-order valence-corrected chi connectivity index (χ0v) is 20.5. The number of ether oxygens (including phenoxy) is 1. The summed E-state index contributed by atoms with van der Waals surface area (Å²) in [4.78, 5) is 28.0. The number of hydrogen-bond acceptors (Lipinski definition) is 4. The van der Waals surface area contributed by atoms with Crippen molar-refractivity contribution in [3.8, 4) is 5.75 Å². The average molecular weight is 508 g/mol. The van der Waals surface area contributed by atoms with Gasteiger partial charge in [-0.1, -0.05) is 59.6 Å². The van der Waals surface area contributed by atoms with Crippen molar-refractivity contribution in [1.82, 2.24) is 4.90 Å². The molecule has 0 saturated carbocycles. The third kappa shape index (κ3) is 4.42. The summed E-state index contributed by atoms with van der Waals surface area (Å²) in [6, 6.07) is 19.2. The fourth-order valence-corrected chi connectivity index (χ4v) is 5.07. The topological polar surface area (TPSA) is 66.8 Å². The third-order valence-electron chi connectivity index (χ3n) is 6.45. The Kier molecular flexibility index (Phi) is 6.30. The molecule has 1 amide bonds. The van der Waals surface area contributed by atoms with Crippen LogP contribution >= 0.6 is 23.2 Å². The Morgan fingerprint density at radius 1 is 1.03 bits per heavy atom. The summed E-state index contributed by atoms with van der Waals surface area (Å²) in [6.07, 6.45) is 1.31. The molecule has 3 aromatic carbocycles. The summed E-state index contributed by atoms with van der Waals surface area (Å²) in [7, 11) is 0. The molecule has 1 N–H and O–H groups in total. The number of ketones is 1. The van der Waals surface area contributed by atoms with E-state index in [1.165, 1.54) is 4.90 Å². The first kappa shape index (κ1) is 23.5. The van der Waals surface area contributed by atoms with Crippen molar-refractivity contribution in [2.75, 3.05) is 6.54 Å². The molecule has 0 bridgehead atoms. The lowest BCUT2D eigenvalue weighted by Gasteiger charge is -2.25. The van der Waals surface area contributed by atoms with Gasteiger partial charge in [-0.2, -0.15) is 0 Å². The van der Waals surface area contributed by atoms with Gasteiger partial charge in [-0.05, 0) is 60.4 Å². The van der Waals surface area contributed by atoms with E-state index < -0.39 is 17.7 Å². The highest BCUT2D eigenvalue weighted by Gasteiger charge is 2.46. The molecule has 5 nitrogen and oxygen atoms in total. The number of rotatable bonds is 5. The van der Waals surface area contributed by atoms with Crippen molar-refractivity contribution in [3.63, 3.8) is 0 Å². The largest absolute Gasteiger partial charge is 0.507 e. The van der Waals surface area contributed by atoms with Crippen molar-refractivity contribution < 1.29 is 19.4 Å². The van der Waals surface area contributed by atoms with Gasteiger partial charge >= 0.3 is 0 Å². The summed E-state index contributed by atoms with van der Waals surface area (Å²) in [5.74, 6) is -0.837. The second-order valence-corrected chi connectivity index (χ2v) is 9.67. The Morgan fingerprint density at radius 2 is 1.80 bits per heavy atom. The highest BCUT2D eigenvalue weighted by molar-refractivity contribution is 6.46. The number of carbonyl (C=O) groups is 2. The van der Waals surface area contributed by atoms with Gasteiger partial charge in [0.05, 0.1) is 21.7 Å². The molecule has 2 aliphatic heterocycles. The van der Waals surface area contributed by atoms with E-state index in [1.807, 2.05) is 43.3 Å². The van der Waals surface area contributed by atoms with Gasteiger partial charge in [-0.3, -0.25) is 9.59 Å². The van der Waals surface area contributed by atoms with E-state index in [-0.39, 0.29) is 17.4 Å². The Morgan fingerprint density at radius 3 is 2.54 bits per heavy atom. The number of nitrogens with zero attached hydrogens (tertiary/aromatic N) is 1. The Bertz CT molecular complexity index is 1350. The molecule has 7 heteroatoms. The molecule has 35 heavy (non-hydrogen) atoms. The monoisotopic (exact) mass is 507 g/mol. The van der Waals surface area contributed by atoms with E-state index >= 15 is 0 Å². The van der Waals surface area contributed by atoms with Gasteiger partial charge in [0.1, 0.15) is 17.6 Å². The van der Waals surface area contributed by atoms with Crippen LogP contribution in [0, 0.1) is 0 Å². The van der Waals surface area contributed by atoms with Crippen molar-refractivity contribution in [2.45, 2.75) is 31.9 Å². The highest BCUT2D eigenvalue weighted by atomic mass is 35.5. The number of hydrogen-bond donors (Lipinski definition) is 1. The lowest BCUT2D eigenvalue weighted by molar-refractivity contribution is -0.139. The van der Waals surface area contributed by atoms with Crippen LogP contribution in [0.5, 0.6) is 5.75 Å². The molecule has 0 unspecified atom stereocenters. The zero-order valence-electron chi connectivity index (χ0n) is 19.0. The SMILES string of the molecule is C[C@@H]1Cc2cc(/C(O)=C3\C(=O)C(=O)N(CCc4ccccc4)[C@@H]3c3ccc(Cl)c(Cl)c3)ccc2O1. The van der Waals surface area contributed by atoms with Gasteiger partial charge in [-0.15, -0.1) is 0 Å². The van der Waals surface area contributed by atoms with Gasteiger partial charge in [-0.25, -0.2) is 0 Å². The molecule has 1 fully saturated rings. The number of amides is 1. The van der Waals surface area contributed by atoms with E-state index in [1.54, 1.807) is 30.3 Å². The van der Waals surface area contributed by atoms with Crippen LogP contribution in [0.15, 0.2) is 72.3 Å². The number of fused-ring (bicyclic) bond motifs is 1. The first-order chi connectivity index (χ1) is 16.8. The highest BCUT2D eigenvalue weighted by Crippen LogP contribution is 2.42. The molecule has 0 spiro atoms. The standard InChI is InChI=1S/C28H23Cl2NO4/c1-16-13-20-14-19(8-10-23(20)35-16)26(32)24-25(18-7-9-21(29)22(30)15-18)31(28(34)27(24)33)12-11-17-5-3-2-4-6-17/h2-10,14-16,25,32H,11-13H2,1H3/b26-24+/t16-,25-/m1/s1. The first-order valence-electron chi connectivity index (χ1n) is 11.4. The lowest BCUT2D eigenvalue weighted by atomic mass is 9.94. The number of aliphatic hydroxyl groups excluding tert-OH is 1. The third-order valence-corrected chi connectivity index (χ3v) is 7.19. The maximum Gasteiger partial charge on any atom is 0.295 e. The normalized spacial score (nSPS) is 20.7. The average Bonchev–Trinajstić information content (AvgIpc) is 3.35. The maximum absolute atomic E-state index is 13.3. The zero-order chi connectivity index (χ0) is 24.7. The van der Waals surface area contributed by atoms with E-state index in [0.717, 1.165) is 16.9 Å². The van der Waals surface area contributed by atoms with Crippen LogP contribution in [0.2, 0.25) is 10.0 Å². The number of benzene rings is 3. The molecule has 5 rings (SSSR count). The molecule has 178 valence electrons. The predicted molar refractivity (Wildman–Crippen MR) is 136 cm³/mol. The molecule has 2 aliphatic rings. The van der Waals surface area contributed by atoms with E-state index in [9.17, 15) is 14.7 Å². The summed E-state index contributed by atoms with van der Waals surface area (Å²) in [5, 5.41) is 12.0. The van der Waals surface area contributed by atoms with Crippen molar-refractivity contribution in [3.05, 3.63) is 105 Å². The van der Waals surface area contributed by atoms with Crippen LogP contribution in [0.25, 0.3) is 5.76 Å². The number of halogens is 2. The van der Waals surface area contributed by atoms with Gasteiger partial charge < -0.3 is 14.7 Å². The minimum Gasteiger partial charge on any atom is -0.507 e. The van der Waals surface area contributed by atoms with E-state index in [2.05, 4.69) is 0 Å². The lowest BCUT2D eigenvalue weighted by Crippen LogP contribution is -2.31. The predicted octanol–water partition coefficient (Wildman–Crippen LogP) is 5.98. The molecule has 0 aromatic heterocycles. The van der Waals surface area contributed by atoms with Crippen LogP contribution in [0.4, 0.5) is 0 Å². The second kappa shape index (κ2) is 9.40. The molecule has 0 radical (unpaired) electrons. The van der Waals surface area contributed by atoms with Gasteiger partial charge in [0.25, 0.3) is 11.7 Å². The van der Waals surface area contributed by atoms with E-state index in [4.69, 9.17) is 27.9 Å². The summed E-state index contributed by atoms with van der Waals surface area (Å²) >= 11 is 12.4. The molecule has 3 aromatic rings. The number of Topliss-reactive ketones (excluding diaryl/α,β-unsaturated/α-hetero) is 1. The quantitative estimate of drug-likeness (QED) is 0.262. The van der Waals surface area contributed by atoms with Gasteiger partial charge in [0.15, 0.2) is 0 Å². The van der Waals surface area contributed by atoms with Crippen LogP contribution in [0.1, 0.15) is 35.2 Å². The first-order valence-corrected chi connectivity index (χ1v) is 12.2. The molecular formula is C28H23Cl2NO4. The molecule has 2 heterocycles. The molecule has 0 aliphatic carbocycles. The summed E-state index contributed by atoms with van der Waals surface area (Å²) in [6.45, 7) is 2.27. The smallest absolute Gasteiger partial charge is 0.295 e. The maximum atomic E-state index is 13.3. The molecule has 2 atom stereocenters. The van der Waals surface area contributed by atoms with Crippen LogP contribution in [-0.2, 0) is 22.4 Å². The fraction of sp³-hybridized carbons (Fsp3) is 0.214. The number of carbonyl (C=O) groups excluding carboxylic acids is 2. The van der Waals surface area contributed by atoms with Crippen molar-refractivity contribution >= 4 is 40.7 Å². The van der Waals surface area contributed by atoms with Gasteiger partial charge in [0, 0.05) is 18.5 Å². The molecule has 1 saturated heterocycles. The molecular weight excluding hydrogens is 485 g/mol. The van der Waals surface area contributed by atoms with Gasteiger partial charge in [0.2, 0.25) is 0 Å². The Balaban J connectivity index is 1.59. The van der Waals surface area contributed by atoms with Crippen LogP contribution < -0.4 is 4.74 Å². The minimum atomic E-state index is -0.795. The Hall–Kier alpha value is -3.28. The minimum absolute atomic E-state index is 0.0355. The fourth-order valence-electron chi connectivity index (χ4n) is 4.76.